The number of rotatable bonds is 8. The topological polar surface area (TPSA) is 134 Å². The van der Waals surface area contributed by atoms with E-state index in [0.717, 1.165) is 29.9 Å². The lowest BCUT2D eigenvalue weighted by molar-refractivity contribution is 0.0596. The third kappa shape index (κ3) is 8.32. The summed E-state index contributed by atoms with van der Waals surface area (Å²) in [6.07, 6.45) is 15.3. The molecular formula is C35H55NO6. The minimum absolute atomic E-state index is 0.0379. The Labute approximate surface area is 252 Å². The number of hydrogen-bond acceptors (Lipinski definition) is 7. The molecular weight excluding hydrogens is 530 g/mol. The highest BCUT2D eigenvalue weighted by atomic mass is 16.3. The monoisotopic (exact) mass is 585 g/mol. The van der Waals surface area contributed by atoms with Gasteiger partial charge in [-0.15, -0.1) is 0 Å². The molecule has 7 nitrogen and oxygen atoms in total. The van der Waals surface area contributed by atoms with E-state index in [2.05, 4.69) is 37.6 Å². The Kier molecular flexibility index (Phi) is 12.0. The number of allylic oxidation sites excluding steroid dienone is 3. The molecule has 0 amide bonds. The zero-order valence-electron chi connectivity index (χ0n) is 26.4. The van der Waals surface area contributed by atoms with Crippen molar-refractivity contribution in [1.29, 1.82) is 0 Å². The zero-order chi connectivity index (χ0) is 31.2. The van der Waals surface area contributed by atoms with E-state index < -0.39 is 17.8 Å². The van der Waals surface area contributed by atoms with Crippen LogP contribution >= 0.6 is 0 Å². The van der Waals surface area contributed by atoms with Gasteiger partial charge in [0.1, 0.15) is 5.75 Å². The first-order valence-corrected chi connectivity index (χ1v) is 15.8. The second kappa shape index (κ2) is 14.6. The number of aliphatic hydroxyl groups is 5. The standard InChI is InChI=1S/C27H44O3.C8H11NO3/c1-18(8-6-14-26(3,4)30)23-12-13-24-20(9-7-15-27(23,24)5)10-11-21-16-22(28)17-25(29)19(21)2;1-5-8(12)7(4-11)6(3-10)2-9-5/h10-11,18,22-25,28-30H,2,6-9,12-17H2,1,3-5H3;2,10-12H,3-4H2,1H3/b20-10+,21-11-;/t18-,22-,23-,24+,25+,27-;/m1./s1. The largest absolute Gasteiger partial charge is 0.506 e. The third-order valence-electron chi connectivity index (χ3n) is 10.2. The first-order chi connectivity index (χ1) is 19.7. The SMILES string of the molecule is C=C1/C(=C\C=C2/CCC[C@]3(C)[C@@H]([C@H](C)CCCC(C)(C)O)CC[C@@H]23)C[C@@H](O)C[C@@H]1O.Cc1ncc(CO)c(CO)c1O. The van der Waals surface area contributed by atoms with E-state index in [1.54, 1.807) is 12.5 Å². The van der Waals surface area contributed by atoms with Gasteiger partial charge in [-0.1, -0.05) is 51.0 Å². The van der Waals surface area contributed by atoms with E-state index in [0.29, 0.717) is 46.9 Å². The van der Waals surface area contributed by atoms with Crippen molar-refractivity contribution in [3.8, 4) is 5.75 Å². The maximum absolute atomic E-state index is 10.1. The lowest BCUT2D eigenvalue weighted by Crippen LogP contribution is -2.36. The van der Waals surface area contributed by atoms with Crippen molar-refractivity contribution in [1.82, 2.24) is 4.98 Å². The van der Waals surface area contributed by atoms with Gasteiger partial charge in [0.2, 0.25) is 0 Å². The van der Waals surface area contributed by atoms with E-state index in [1.807, 2.05) is 13.8 Å². The number of fused-ring (bicyclic) bond motifs is 1. The molecule has 3 saturated carbocycles. The number of aromatic hydroxyl groups is 1. The van der Waals surface area contributed by atoms with Crippen molar-refractivity contribution in [2.75, 3.05) is 0 Å². The second-order valence-corrected chi connectivity index (χ2v) is 13.9. The third-order valence-corrected chi connectivity index (χ3v) is 10.2. The molecule has 3 aliphatic rings. The Morgan fingerprint density at radius 3 is 2.52 bits per heavy atom. The number of pyridine rings is 1. The molecule has 42 heavy (non-hydrogen) atoms. The van der Waals surface area contributed by atoms with E-state index in [-0.39, 0.29) is 19.0 Å². The molecule has 6 atom stereocenters. The molecule has 0 saturated heterocycles. The van der Waals surface area contributed by atoms with Gasteiger partial charge in [-0.2, -0.15) is 0 Å². The van der Waals surface area contributed by atoms with Gasteiger partial charge in [0, 0.05) is 23.7 Å². The minimum atomic E-state index is -0.615. The molecule has 1 aromatic rings. The van der Waals surface area contributed by atoms with Crippen molar-refractivity contribution in [2.45, 2.75) is 130 Å². The van der Waals surface area contributed by atoms with Gasteiger partial charge < -0.3 is 30.6 Å². The summed E-state index contributed by atoms with van der Waals surface area (Å²) < 4.78 is 0. The van der Waals surface area contributed by atoms with Gasteiger partial charge in [0.25, 0.3) is 0 Å². The highest BCUT2D eigenvalue weighted by Gasteiger charge is 2.50. The van der Waals surface area contributed by atoms with E-state index in [4.69, 9.17) is 10.2 Å². The van der Waals surface area contributed by atoms with Crippen LogP contribution in [0.4, 0.5) is 0 Å². The second-order valence-electron chi connectivity index (χ2n) is 13.9. The Morgan fingerprint density at radius 1 is 1.17 bits per heavy atom. The first kappa shape index (κ1) is 34.5. The molecule has 3 aliphatic carbocycles. The molecule has 4 rings (SSSR count). The maximum atomic E-state index is 10.1. The minimum Gasteiger partial charge on any atom is -0.506 e. The Morgan fingerprint density at radius 2 is 1.88 bits per heavy atom. The van der Waals surface area contributed by atoms with Gasteiger partial charge in [-0.05, 0) is 100 Å². The molecule has 0 bridgehead atoms. The summed E-state index contributed by atoms with van der Waals surface area (Å²) in [5, 5.41) is 57.2. The lowest BCUT2D eigenvalue weighted by Gasteiger charge is -2.44. The van der Waals surface area contributed by atoms with Gasteiger partial charge in [-0.3, -0.25) is 4.98 Å². The van der Waals surface area contributed by atoms with Crippen LogP contribution in [0.2, 0.25) is 0 Å². The van der Waals surface area contributed by atoms with Crippen LogP contribution in [0, 0.1) is 30.1 Å². The fourth-order valence-corrected chi connectivity index (χ4v) is 7.73. The average molecular weight is 586 g/mol. The summed E-state index contributed by atoms with van der Waals surface area (Å²) >= 11 is 0. The van der Waals surface area contributed by atoms with E-state index in [1.165, 1.54) is 44.7 Å². The molecule has 0 unspecified atom stereocenters. The summed E-state index contributed by atoms with van der Waals surface area (Å²) in [7, 11) is 0. The molecule has 0 aromatic carbocycles. The highest BCUT2D eigenvalue weighted by molar-refractivity contribution is 5.40. The summed E-state index contributed by atoms with van der Waals surface area (Å²) in [4.78, 5) is 3.84. The molecule has 6 N–H and O–H groups in total. The fourth-order valence-electron chi connectivity index (χ4n) is 7.73. The summed E-state index contributed by atoms with van der Waals surface area (Å²) in [6, 6.07) is 0. The van der Waals surface area contributed by atoms with Gasteiger partial charge in [0.15, 0.2) is 0 Å². The predicted molar refractivity (Wildman–Crippen MR) is 167 cm³/mol. The Hall–Kier alpha value is -2.03. The summed E-state index contributed by atoms with van der Waals surface area (Å²) in [5.74, 6) is 2.07. The molecule has 1 aromatic heterocycles. The van der Waals surface area contributed by atoms with Crippen molar-refractivity contribution in [2.24, 2.45) is 23.2 Å². The number of hydrogen-bond donors (Lipinski definition) is 6. The smallest absolute Gasteiger partial charge is 0.142 e. The van der Waals surface area contributed by atoms with Crippen LogP contribution in [0.25, 0.3) is 0 Å². The molecule has 1 heterocycles. The average Bonchev–Trinajstić information content (AvgIpc) is 3.28. The maximum Gasteiger partial charge on any atom is 0.142 e. The molecule has 7 heteroatoms. The quantitative estimate of drug-likeness (QED) is 0.228. The first-order valence-electron chi connectivity index (χ1n) is 15.8. The molecule has 3 fully saturated rings. The van der Waals surface area contributed by atoms with Gasteiger partial charge in [0.05, 0.1) is 36.7 Å². The predicted octanol–water partition coefficient (Wildman–Crippen LogP) is 5.78. The summed E-state index contributed by atoms with van der Waals surface area (Å²) in [5.41, 5.74) is 4.43. The van der Waals surface area contributed by atoms with Crippen LogP contribution in [-0.4, -0.2) is 53.4 Å². The Bertz CT molecular complexity index is 1140. The van der Waals surface area contributed by atoms with Crippen molar-refractivity contribution in [3.05, 3.63) is 58.5 Å². The van der Waals surface area contributed by atoms with Crippen LogP contribution in [0.3, 0.4) is 0 Å². The number of aromatic nitrogens is 1. The number of aryl methyl sites for hydroxylation is 1. The zero-order valence-corrected chi connectivity index (χ0v) is 26.4. The summed E-state index contributed by atoms with van der Waals surface area (Å²) in [6.45, 7) is 14.0. The molecule has 0 radical (unpaired) electrons. The highest BCUT2D eigenvalue weighted by Crippen LogP contribution is 2.60. The van der Waals surface area contributed by atoms with Crippen molar-refractivity contribution >= 4 is 0 Å². The van der Waals surface area contributed by atoms with Crippen LogP contribution in [0.1, 0.15) is 109 Å². The number of aliphatic hydroxyl groups excluding tert-OH is 4. The van der Waals surface area contributed by atoms with Gasteiger partial charge >= 0.3 is 0 Å². The Balaban J connectivity index is 0.000000337. The van der Waals surface area contributed by atoms with Gasteiger partial charge in [-0.25, -0.2) is 0 Å². The molecule has 0 spiro atoms. The van der Waals surface area contributed by atoms with E-state index >= 15 is 0 Å². The van der Waals surface area contributed by atoms with Crippen LogP contribution in [0.5, 0.6) is 5.75 Å². The fraction of sp³-hybridized carbons (Fsp3) is 0.686. The normalized spacial score (nSPS) is 30.7. The molecule has 236 valence electrons. The number of nitrogens with zero attached hydrogens (tertiary/aromatic N) is 1. The van der Waals surface area contributed by atoms with Crippen LogP contribution in [-0.2, 0) is 13.2 Å². The van der Waals surface area contributed by atoms with Crippen molar-refractivity contribution in [3.63, 3.8) is 0 Å². The van der Waals surface area contributed by atoms with Crippen LogP contribution < -0.4 is 0 Å². The van der Waals surface area contributed by atoms with Crippen LogP contribution in [0.15, 0.2) is 41.6 Å². The lowest BCUT2D eigenvalue weighted by atomic mass is 9.60. The molecule has 0 aliphatic heterocycles. The van der Waals surface area contributed by atoms with E-state index in [9.17, 15) is 20.4 Å². The van der Waals surface area contributed by atoms with Crippen molar-refractivity contribution < 1.29 is 30.6 Å².